The minimum Gasteiger partial charge on any atom is -0.386 e. The molecule has 6 heteroatoms. The Hall–Kier alpha value is -2.21. The van der Waals surface area contributed by atoms with Crippen LogP contribution in [0.1, 0.15) is 23.1 Å². The molecule has 19 heavy (non-hydrogen) atoms. The van der Waals surface area contributed by atoms with Crippen LogP contribution >= 0.6 is 0 Å². The molecule has 0 aliphatic heterocycles. The van der Waals surface area contributed by atoms with Gasteiger partial charge in [-0.25, -0.2) is 0 Å². The van der Waals surface area contributed by atoms with Gasteiger partial charge in [-0.05, 0) is 19.4 Å². The smallest absolute Gasteiger partial charge is 0.312 e. The van der Waals surface area contributed by atoms with Gasteiger partial charge in [0.25, 0.3) is 0 Å². The number of aryl methyl sites for hydroxylation is 1. The van der Waals surface area contributed by atoms with Gasteiger partial charge in [0.2, 0.25) is 0 Å². The van der Waals surface area contributed by atoms with E-state index in [1.165, 1.54) is 4.68 Å². The zero-order chi connectivity index (χ0) is 14.0. The van der Waals surface area contributed by atoms with Gasteiger partial charge in [0.1, 0.15) is 11.4 Å². The summed E-state index contributed by atoms with van der Waals surface area (Å²) in [6.45, 7) is 3.43. The molecule has 0 amide bonds. The molecule has 1 atom stereocenters. The van der Waals surface area contributed by atoms with Gasteiger partial charge in [-0.15, -0.1) is 0 Å². The van der Waals surface area contributed by atoms with Gasteiger partial charge in [0, 0.05) is 0 Å². The van der Waals surface area contributed by atoms with E-state index in [2.05, 4.69) is 5.10 Å². The van der Waals surface area contributed by atoms with E-state index in [0.29, 0.717) is 11.4 Å². The Labute approximate surface area is 110 Å². The minimum absolute atomic E-state index is 0.0141. The molecule has 1 aromatic carbocycles. The van der Waals surface area contributed by atoms with Gasteiger partial charge in [-0.2, -0.15) is 5.10 Å². The number of rotatable bonds is 4. The fourth-order valence-electron chi connectivity index (χ4n) is 2.07. The molecule has 100 valence electrons. The molecule has 0 spiro atoms. The number of aliphatic hydroxyl groups excluding tert-OH is 1. The summed E-state index contributed by atoms with van der Waals surface area (Å²) < 4.78 is 1.48. The predicted octanol–water partition coefficient (Wildman–Crippen LogP) is 2.14. The maximum atomic E-state index is 10.9. The topological polar surface area (TPSA) is 81.2 Å². The zero-order valence-corrected chi connectivity index (χ0v) is 10.8. The lowest BCUT2D eigenvalue weighted by Gasteiger charge is -2.11. The summed E-state index contributed by atoms with van der Waals surface area (Å²) >= 11 is 0. The summed E-state index contributed by atoms with van der Waals surface area (Å²) in [6.07, 6.45) is -0.737. The molecular formula is C13H15N3O3. The summed E-state index contributed by atoms with van der Waals surface area (Å²) in [6, 6.07) is 9.16. The second kappa shape index (κ2) is 5.19. The Morgan fingerprint density at radius 3 is 2.53 bits per heavy atom. The molecular weight excluding hydrogens is 246 g/mol. The van der Waals surface area contributed by atoms with Crippen LogP contribution in [0.3, 0.4) is 0 Å². The van der Waals surface area contributed by atoms with Gasteiger partial charge in [-0.3, -0.25) is 14.8 Å². The highest BCUT2D eigenvalue weighted by Crippen LogP contribution is 2.24. The summed E-state index contributed by atoms with van der Waals surface area (Å²) in [5, 5.41) is 25.1. The normalized spacial score (nSPS) is 12.4. The van der Waals surface area contributed by atoms with E-state index in [9.17, 15) is 15.2 Å². The number of nitro groups is 1. The Kier molecular flexibility index (Phi) is 3.62. The van der Waals surface area contributed by atoms with Crippen molar-refractivity contribution >= 4 is 5.69 Å². The molecule has 2 rings (SSSR count). The molecule has 0 saturated carbocycles. The molecule has 1 aromatic heterocycles. The number of hydrogen-bond acceptors (Lipinski definition) is 4. The summed E-state index contributed by atoms with van der Waals surface area (Å²) in [4.78, 5) is 10.5. The third-order valence-corrected chi connectivity index (χ3v) is 3.06. The average Bonchev–Trinajstić information content (AvgIpc) is 2.65. The number of hydrogen-bond donors (Lipinski definition) is 1. The fraction of sp³-hybridized carbons (Fsp3) is 0.308. The molecule has 0 fully saturated rings. The fourth-order valence-corrected chi connectivity index (χ4v) is 2.07. The molecule has 0 saturated heterocycles. The maximum absolute atomic E-state index is 10.9. The van der Waals surface area contributed by atoms with Crippen molar-refractivity contribution in [3.8, 4) is 0 Å². The van der Waals surface area contributed by atoms with Crippen molar-refractivity contribution in [3.63, 3.8) is 0 Å². The van der Waals surface area contributed by atoms with E-state index in [-0.39, 0.29) is 12.2 Å². The van der Waals surface area contributed by atoms with Gasteiger partial charge < -0.3 is 5.11 Å². The second-order valence-electron chi connectivity index (χ2n) is 4.39. The van der Waals surface area contributed by atoms with E-state index < -0.39 is 11.0 Å². The number of nitrogens with zero attached hydrogens (tertiary/aromatic N) is 3. The lowest BCUT2D eigenvalue weighted by atomic mass is 10.1. The molecule has 6 nitrogen and oxygen atoms in total. The predicted molar refractivity (Wildman–Crippen MR) is 69.8 cm³/mol. The van der Waals surface area contributed by atoms with Gasteiger partial charge in [0.15, 0.2) is 0 Å². The Morgan fingerprint density at radius 2 is 2.00 bits per heavy atom. The van der Waals surface area contributed by atoms with Crippen molar-refractivity contribution in [1.29, 1.82) is 0 Å². The van der Waals surface area contributed by atoms with Crippen LogP contribution in [0.15, 0.2) is 30.3 Å². The van der Waals surface area contributed by atoms with Gasteiger partial charge >= 0.3 is 5.69 Å². The van der Waals surface area contributed by atoms with Crippen LogP contribution in [0.4, 0.5) is 5.69 Å². The molecule has 1 N–H and O–H groups in total. The Morgan fingerprint density at radius 1 is 1.37 bits per heavy atom. The molecule has 0 aliphatic carbocycles. The minimum atomic E-state index is -0.737. The number of aromatic nitrogens is 2. The first-order valence-corrected chi connectivity index (χ1v) is 5.92. The number of benzene rings is 1. The average molecular weight is 261 g/mol. The van der Waals surface area contributed by atoms with E-state index in [1.54, 1.807) is 13.8 Å². The second-order valence-corrected chi connectivity index (χ2v) is 4.39. The lowest BCUT2D eigenvalue weighted by Crippen LogP contribution is -2.11. The van der Waals surface area contributed by atoms with Crippen molar-refractivity contribution in [1.82, 2.24) is 9.78 Å². The van der Waals surface area contributed by atoms with E-state index >= 15 is 0 Å². The van der Waals surface area contributed by atoms with Crippen molar-refractivity contribution in [2.45, 2.75) is 26.5 Å². The first-order chi connectivity index (χ1) is 9.00. The van der Waals surface area contributed by atoms with Crippen LogP contribution in [0, 0.1) is 24.0 Å². The van der Waals surface area contributed by atoms with E-state index in [4.69, 9.17) is 0 Å². The third-order valence-electron chi connectivity index (χ3n) is 3.06. The van der Waals surface area contributed by atoms with Gasteiger partial charge in [-0.1, -0.05) is 30.3 Å². The Balaban J connectivity index is 2.25. The van der Waals surface area contributed by atoms with E-state index in [0.717, 1.165) is 5.56 Å². The first kappa shape index (κ1) is 13.2. The first-order valence-electron chi connectivity index (χ1n) is 5.92. The third kappa shape index (κ3) is 2.63. The van der Waals surface area contributed by atoms with Crippen LogP contribution in [0.5, 0.6) is 0 Å². The van der Waals surface area contributed by atoms with Crippen molar-refractivity contribution in [3.05, 3.63) is 57.4 Å². The van der Waals surface area contributed by atoms with Crippen LogP contribution in [-0.4, -0.2) is 19.8 Å². The molecule has 1 heterocycles. The molecule has 0 bridgehead atoms. The van der Waals surface area contributed by atoms with Crippen LogP contribution in [-0.2, 0) is 6.54 Å². The largest absolute Gasteiger partial charge is 0.386 e. The maximum Gasteiger partial charge on any atom is 0.312 e. The molecule has 0 aliphatic rings. The van der Waals surface area contributed by atoms with Crippen molar-refractivity contribution in [2.24, 2.45) is 0 Å². The highest BCUT2D eigenvalue weighted by molar-refractivity contribution is 5.39. The van der Waals surface area contributed by atoms with Crippen molar-refractivity contribution < 1.29 is 10.0 Å². The van der Waals surface area contributed by atoms with Crippen molar-refractivity contribution in [2.75, 3.05) is 0 Å². The molecule has 0 unspecified atom stereocenters. The SMILES string of the molecule is Cc1nn(C[C@@H](O)c2ccccc2)c(C)c1[N+](=O)[O-]. The lowest BCUT2D eigenvalue weighted by molar-refractivity contribution is -0.386. The Bertz CT molecular complexity index is 593. The standard InChI is InChI=1S/C13H15N3O3/c1-9-13(16(18)19)10(2)15(14-9)8-12(17)11-6-4-3-5-7-11/h3-7,12,17H,8H2,1-2H3/t12-/m1/s1. The molecule has 0 radical (unpaired) electrons. The van der Waals surface area contributed by atoms with Crippen LogP contribution in [0.2, 0.25) is 0 Å². The highest BCUT2D eigenvalue weighted by Gasteiger charge is 2.23. The van der Waals surface area contributed by atoms with Crippen LogP contribution < -0.4 is 0 Å². The van der Waals surface area contributed by atoms with Crippen LogP contribution in [0.25, 0.3) is 0 Å². The summed E-state index contributed by atoms with van der Waals surface area (Å²) in [5.74, 6) is 0. The quantitative estimate of drug-likeness (QED) is 0.675. The zero-order valence-electron chi connectivity index (χ0n) is 10.8. The monoisotopic (exact) mass is 261 g/mol. The van der Waals surface area contributed by atoms with E-state index in [1.807, 2.05) is 30.3 Å². The summed E-state index contributed by atoms with van der Waals surface area (Å²) in [5.41, 5.74) is 1.60. The highest BCUT2D eigenvalue weighted by atomic mass is 16.6. The number of aliphatic hydroxyl groups is 1. The summed E-state index contributed by atoms with van der Waals surface area (Å²) in [7, 11) is 0. The van der Waals surface area contributed by atoms with Gasteiger partial charge in [0.05, 0.1) is 17.6 Å². The molecule has 2 aromatic rings.